The molecule has 1 aromatic rings. The van der Waals surface area contributed by atoms with E-state index < -0.39 is 0 Å². The summed E-state index contributed by atoms with van der Waals surface area (Å²) in [5.41, 5.74) is 2.03. The maximum absolute atomic E-state index is 12.3. The molecule has 0 aromatic heterocycles. The van der Waals surface area contributed by atoms with E-state index in [0.717, 1.165) is 18.7 Å². The molecule has 2 N–H and O–H groups in total. The minimum atomic E-state index is -0.304. The lowest BCUT2D eigenvalue weighted by atomic mass is 10.1. The summed E-state index contributed by atoms with van der Waals surface area (Å²) >= 11 is 0. The van der Waals surface area contributed by atoms with Crippen LogP contribution < -0.4 is 15.5 Å². The Kier molecular flexibility index (Phi) is 6.89. The number of piperidine rings is 1. The van der Waals surface area contributed by atoms with Crippen molar-refractivity contribution in [3.05, 3.63) is 29.8 Å². The second-order valence-electron chi connectivity index (χ2n) is 7.99. The van der Waals surface area contributed by atoms with Gasteiger partial charge in [-0.1, -0.05) is 18.2 Å². The molecule has 26 heavy (non-hydrogen) atoms. The van der Waals surface area contributed by atoms with Crippen molar-refractivity contribution in [1.82, 2.24) is 15.5 Å². The van der Waals surface area contributed by atoms with E-state index in [4.69, 9.17) is 0 Å². The standard InChI is InChI=1S/C20H32N4O2/c1-20(2,3)22-18(25)14-21-19(26)23(4)15-16-10-6-7-11-17(16)24-12-8-5-9-13-24/h6-7,10-11H,5,8-9,12-15H2,1-4H3,(H,21,26)(H,22,25). The van der Waals surface area contributed by atoms with E-state index in [1.165, 1.54) is 24.9 Å². The van der Waals surface area contributed by atoms with Crippen molar-refractivity contribution < 1.29 is 9.59 Å². The number of nitrogens with zero attached hydrogens (tertiary/aromatic N) is 2. The van der Waals surface area contributed by atoms with E-state index in [1.807, 2.05) is 32.9 Å². The fourth-order valence-corrected chi connectivity index (χ4v) is 3.17. The number of urea groups is 1. The summed E-state index contributed by atoms with van der Waals surface area (Å²) in [6.07, 6.45) is 3.72. The summed E-state index contributed by atoms with van der Waals surface area (Å²) in [5, 5.41) is 5.52. The number of rotatable bonds is 5. The van der Waals surface area contributed by atoms with Gasteiger partial charge in [0, 0.05) is 37.9 Å². The minimum absolute atomic E-state index is 0.0196. The second kappa shape index (κ2) is 8.92. The lowest BCUT2D eigenvalue weighted by molar-refractivity contribution is -0.121. The first-order valence-electron chi connectivity index (χ1n) is 9.39. The van der Waals surface area contributed by atoms with Gasteiger partial charge in [0.05, 0.1) is 6.54 Å². The third-order valence-electron chi connectivity index (χ3n) is 4.36. The molecule has 144 valence electrons. The number of anilines is 1. The number of carbonyl (C=O) groups excluding carboxylic acids is 2. The Morgan fingerprint density at radius 3 is 2.42 bits per heavy atom. The summed E-state index contributed by atoms with van der Waals surface area (Å²) in [5.74, 6) is -0.187. The van der Waals surface area contributed by atoms with Gasteiger partial charge in [0.25, 0.3) is 0 Å². The Labute approximate surface area is 156 Å². The lowest BCUT2D eigenvalue weighted by Crippen LogP contribution is -2.47. The van der Waals surface area contributed by atoms with Crippen molar-refractivity contribution in [2.24, 2.45) is 0 Å². The highest BCUT2D eigenvalue weighted by atomic mass is 16.2. The number of amides is 3. The molecular formula is C20H32N4O2. The quantitative estimate of drug-likeness (QED) is 0.849. The van der Waals surface area contributed by atoms with E-state index in [-0.39, 0.29) is 24.0 Å². The highest BCUT2D eigenvalue weighted by Gasteiger charge is 2.18. The van der Waals surface area contributed by atoms with Crippen LogP contribution in [-0.2, 0) is 11.3 Å². The first-order chi connectivity index (χ1) is 12.3. The monoisotopic (exact) mass is 360 g/mol. The summed E-state index contributed by atoms with van der Waals surface area (Å²) in [6.45, 7) is 8.37. The highest BCUT2D eigenvalue weighted by molar-refractivity contribution is 5.84. The molecule has 1 fully saturated rings. The molecule has 0 saturated carbocycles. The van der Waals surface area contributed by atoms with Crippen LogP contribution in [0.25, 0.3) is 0 Å². The summed E-state index contributed by atoms with van der Waals surface area (Å²) in [4.78, 5) is 28.2. The molecule has 0 spiro atoms. The van der Waals surface area contributed by atoms with Gasteiger partial charge in [-0.2, -0.15) is 0 Å². The predicted molar refractivity (Wildman–Crippen MR) is 105 cm³/mol. The average molecular weight is 361 g/mol. The van der Waals surface area contributed by atoms with Crippen LogP contribution in [0.4, 0.5) is 10.5 Å². The SMILES string of the molecule is CN(Cc1ccccc1N1CCCCC1)C(=O)NCC(=O)NC(C)(C)C. The Bertz CT molecular complexity index is 618. The van der Waals surface area contributed by atoms with Crippen LogP contribution in [0.5, 0.6) is 0 Å². The molecule has 0 atom stereocenters. The topological polar surface area (TPSA) is 64.7 Å². The van der Waals surface area contributed by atoms with Gasteiger partial charge in [0.2, 0.25) is 5.91 Å². The molecule has 1 aliphatic rings. The van der Waals surface area contributed by atoms with Crippen LogP contribution in [0.15, 0.2) is 24.3 Å². The zero-order chi connectivity index (χ0) is 19.2. The van der Waals surface area contributed by atoms with Crippen LogP contribution in [0, 0.1) is 0 Å². The zero-order valence-corrected chi connectivity index (χ0v) is 16.5. The molecule has 0 bridgehead atoms. The van der Waals surface area contributed by atoms with Crippen molar-refractivity contribution >= 4 is 17.6 Å². The molecule has 2 rings (SSSR count). The van der Waals surface area contributed by atoms with E-state index in [0.29, 0.717) is 6.54 Å². The third-order valence-corrected chi connectivity index (χ3v) is 4.36. The minimum Gasteiger partial charge on any atom is -0.371 e. The third kappa shape index (κ3) is 6.24. The fourth-order valence-electron chi connectivity index (χ4n) is 3.17. The van der Waals surface area contributed by atoms with E-state index in [2.05, 4.69) is 27.7 Å². The van der Waals surface area contributed by atoms with Gasteiger partial charge in [-0.05, 0) is 51.7 Å². The predicted octanol–water partition coefficient (Wildman–Crippen LogP) is 2.73. The van der Waals surface area contributed by atoms with Gasteiger partial charge in [-0.3, -0.25) is 4.79 Å². The van der Waals surface area contributed by atoms with Crippen LogP contribution >= 0.6 is 0 Å². The van der Waals surface area contributed by atoms with E-state index in [1.54, 1.807) is 11.9 Å². The summed E-state index contributed by atoms with van der Waals surface area (Å²) in [6, 6.07) is 8.00. The Balaban J connectivity index is 1.91. The average Bonchev–Trinajstić information content (AvgIpc) is 2.59. The van der Waals surface area contributed by atoms with Crippen LogP contribution in [0.1, 0.15) is 45.6 Å². The normalized spacial score (nSPS) is 14.7. The number of hydrogen-bond acceptors (Lipinski definition) is 3. The number of para-hydroxylation sites is 1. The van der Waals surface area contributed by atoms with Crippen molar-refractivity contribution in [3.63, 3.8) is 0 Å². The Morgan fingerprint density at radius 2 is 1.77 bits per heavy atom. The Hall–Kier alpha value is -2.24. The molecule has 1 aromatic carbocycles. The van der Waals surface area contributed by atoms with Gasteiger partial charge in [-0.25, -0.2) is 4.79 Å². The molecule has 6 nitrogen and oxygen atoms in total. The molecule has 3 amide bonds. The maximum atomic E-state index is 12.3. The van der Waals surface area contributed by atoms with Gasteiger partial charge in [0.1, 0.15) is 0 Å². The molecule has 0 aliphatic carbocycles. The van der Waals surface area contributed by atoms with Crippen molar-refractivity contribution in [2.75, 3.05) is 31.6 Å². The van der Waals surface area contributed by atoms with Crippen LogP contribution in [-0.4, -0.2) is 49.1 Å². The van der Waals surface area contributed by atoms with Crippen molar-refractivity contribution in [2.45, 2.75) is 52.1 Å². The maximum Gasteiger partial charge on any atom is 0.317 e. The van der Waals surface area contributed by atoms with Gasteiger partial charge in [0.15, 0.2) is 0 Å². The highest BCUT2D eigenvalue weighted by Crippen LogP contribution is 2.25. The zero-order valence-electron chi connectivity index (χ0n) is 16.5. The molecule has 0 unspecified atom stereocenters. The fraction of sp³-hybridized carbons (Fsp3) is 0.600. The largest absolute Gasteiger partial charge is 0.371 e. The van der Waals surface area contributed by atoms with Crippen LogP contribution in [0.3, 0.4) is 0 Å². The summed E-state index contributed by atoms with van der Waals surface area (Å²) in [7, 11) is 1.75. The van der Waals surface area contributed by atoms with Gasteiger partial charge in [-0.15, -0.1) is 0 Å². The molecular weight excluding hydrogens is 328 g/mol. The molecule has 1 heterocycles. The van der Waals surface area contributed by atoms with E-state index >= 15 is 0 Å². The van der Waals surface area contributed by atoms with Crippen molar-refractivity contribution in [1.29, 1.82) is 0 Å². The van der Waals surface area contributed by atoms with Crippen LogP contribution in [0.2, 0.25) is 0 Å². The number of carbonyl (C=O) groups is 2. The Morgan fingerprint density at radius 1 is 1.12 bits per heavy atom. The van der Waals surface area contributed by atoms with Gasteiger partial charge < -0.3 is 20.4 Å². The van der Waals surface area contributed by atoms with Crippen molar-refractivity contribution in [3.8, 4) is 0 Å². The molecule has 1 saturated heterocycles. The smallest absolute Gasteiger partial charge is 0.317 e. The van der Waals surface area contributed by atoms with E-state index in [9.17, 15) is 9.59 Å². The second-order valence-corrected chi connectivity index (χ2v) is 7.99. The lowest BCUT2D eigenvalue weighted by Gasteiger charge is -2.31. The summed E-state index contributed by atoms with van der Waals surface area (Å²) < 4.78 is 0. The molecule has 6 heteroatoms. The first-order valence-corrected chi connectivity index (χ1v) is 9.39. The van der Waals surface area contributed by atoms with Gasteiger partial charge >= 0.3 is 6.03 Å². The number of benzene rings is 1. The molecule has 1 aliphatic heterocycles. The number of nitrogens with one attached hydrogen (secondary N) is 2. The molecule has 0 radical (unpaired) electrons. The first kappa shape index (κ1) is 20.1. The number of hydrogen-bond donors (Lipinski definition) is 2.